The number of aromatic nitrogens is 1. The molecular formula is C21H19N5O3. The van der Waals surface area contributed by atoms with Crippen LogP contribution in [0.1, 0.15) is 16.8 Å². The highest BCUT2D eigenvalue weighted by Gasteiger charge is 2.11. The van der Waals surface area contributed by atoms with Gasteiger partial charge in [0, 0.05) is 17.4 Å². The van der Waals surface area contributed by atoms with E-state index in [-0.39, 0.29) is 12.3 Å². The van der Waals surface area contributed by atoms with Crippen molar-refractivity contribution >= 4 is 40.5 Å². The molecule has 1 heterocycles. The van der Waals surface area contributed by atoms with E-state index >= 15 is 0 Å². The van der Waals surface area contributed by atoms with Gasteiger partial charge in [0.25, 0.3) is 5.91 Å². The van der Waals surface area contributed by atoms with Gasteiger partial charge in [-0.3, -0.25) is 19.4 Å². The van der Waals surface area contributed by atoms with Gasteiger partial charge in [-0.1, -0.05) is 12.1 Å². The number of nitrogens with zero attached hydrogens (tertiary/aromatic N) is 1. The lowest BCUT2D eigenvalue weighted by atomic mass is 10.1. The molecule has 29 heavy (non-hydrogen) atoms. The summed E-state index contributed by atoms with van der Waals surface area (Å²) in [7, 11) is 0. The van der Waals surface area contributed by atoms with Crippen molar-refractivity contribution in [3.63, 3.8) is 0 Å². The lowest BCUT2D eigenvalue weighted by molar-refractivity contribution is -0.123. The van der Waals surface area contributed by atoms with Crippen LogP contribution in [0.4, 0.5) is 22.7 Å². The molecule has 0 aliphatic carbocycles. The smallest absolute Gasteiger partial charge is 0.255 e. The van der Waals surface area contributed by atoms with Gasteiger partial charge in [-0.2, -0.15) is 0 Å². The number of amides is 3. The third kappa shape index (κ3) is 5.64. The van der Waals surface area contributed by atoms with Crippen LogP contribution in [0.5, 0.6) is 0 Å². The summed E-state index contributed by atoms with van der Waals surface area (Å²) in [6, 6.07) is 16.6. The Hall–Kier alpha value is -4.20. The van der Waals surface area contributed by atoms with Gasteiger partial charge in [-0.25, -0.2) is 0 Å². The zero-order valence-electron chi connectivity index (χ0n) is 15.4. The number of benzene rings is 2. The van der Waals surface area contributed by atoms with Crippen molar-refractivity contribution in [3.05, 3.63) is 78.6 Å². The molecule has 0 saturated heterocycles. The van der Waals surface area contributed by atoms with Crippen molar-refractivity contribution in [2.75, 3.05) is 21.7 Å². The largest absolute Gasteiger partial charge is 0.397 e. The number of nitrogen functional groups attached to an aromatic ring is 1. The second-order valence-electron chi connectivity index (χ2n) is 6.13. The van der Waals surface area contributed by atoms with Crippen molar-refractivity contribution in [2.45, 2.75) is 6.42 Å². The molecule has 146 valence electrons. The van der Waals surface area contributed by atoms with E-state index in [1.165, 1.54) is 6.20 Å². The minimum Gasteiger partial charge on any atom is -0.397 e. The number of hydrogen-bond donors (Lipinski definition) is 4. The Morgan fingerprint density at radius 3 is 2.14 bits per heavy atom. The summed E-state index contributed by atoms with van der Waals surface area (Å²) < 4.78 is 0. The highest BCUT2D eigenvalue weighted by Crippen LogP contribution is 2.18. The molecule has 3 aromatic rings. The molecule has 3 rings (SSSR count). The lowest BCUT2D eigenvalue weighted by Crippen LogP contribution is -2.21. The first-order chi connectivity index (χ1) is 14.0. The van der Waals surface area contributed by atoms with E-state index in [9.17, 15) is 14.4 Å². The third-order valence-electron chi connectivity index (χ3n) is 3.91. The number of pyridine rings is 1. The Labute approximate surface area is 167 Å². The Bertz CT molecular complexity index is 1020. The third-order valence-corrected chi connectivity index (χ3v) is 3.91. The molecule has 0 radical (unpaired) electrons. The van der Waals surface area contributed by atoms with E-state index in [2.05, 4.69) is 20.9 Å². The average Bonchev–Trinajstić information content (AvgIpc) is 2.70. The molecule has 0 spiro atoms. The van der Waals surface area contributed by atoms with Crippen molar-refractivity contribution in [1.82, 2.24) is 4.98 Å². The van der Waals surface area contributed by atoms with Crippen LogP contribution in [0, 0.1) is 0 Å². The molecule has 2 aromatic carbocycles. The molecule has 0 saturated carbocycles. The summed E-state index contributed by atoms with van der Waals surface area (Å²) >= 11 is 0. The van der Waals surface area contributed by atoms with Gasteiger partial charge in [0.15, 0.2) is 0 Å². The first-order valence-electron chi connectivity index (χ1n) is 8.77. The van der Waals surface area contributed by atoms with Crippen LogP contribution in [0.2, 0.25) is 0 Å². The molecule has 3 amide bonds. The molecule has 8 heteroatoms. The predicted molar refractivity (Wildman–Crippen MR) is 111 cm³/mol. The van der Waals surface area contributed by atoms with E-state index in [1.807, 2.05) is 0 Å². The summed E-state index contributed by atoms with van der Waals surface area (Å²) in [5, 5.41) is 7.93. The van der Waals surface area contributed by atoms with Crippen LogP contribution in [-0.2, 0) is 9.59 Å². The summed E-state index contributed by atoms with van der Waals surface area (Å²) in [5.41, 5.74) is 8.19. The number of para-hydroxylation sites is 2. The van der Waals surface area contributed by atoms with E-state index in [1.54, 1.807) is 66.9 Å². The van der Waals surface area contributed by atoms with Crippen molar-refractivity contribution in [3.8, 4) is 0 Å². The zero-order valence-corrected chi connectivity index (χ0v) is 15.4. The van der Waals surface area contributed by atoms with E-state index < -0.39 is 11.8 Å². The molecule has 0 aliphatic rings. The molecule has 0 bridgehead atoms. The average molecular weight is 389 g/mol. The fraction of sp³-hybridized carbons (Fsp3) is 0.0476. The van der Waals surface area contributed by atoms with E-state index in [0.717, 1.165) is 0 Å². The topological polar surface area (TPSA) is 126 Å². The first-order valence-corrected chi connectivity index (χ1v) is 8.77. The van der Waals surface area contributed by atoms with Gasteiger partial charge in [-0.15, -0.1) is 0 Å². The Morgan fingerprint density at radius 2 is 1.48 bits per heavy atom. The maximum Gasteiger partial charge on any atom is 0.255 e. The molecule has 0 aliphatic heterocycles. The lowest BCUT2D eigenvalue weighted by Gasteiger charge is -2.09. The highest BCUT2D eigenvalue weighted by molar-refractivity contribution is 6.08. The van der Waals surface area contributed by atoms with E-state index in [0.29, 0.717) is 28.3 Å². The van der Waals surface area contributed by atoms with E-state index in [4.69, 9.17) is 5.73 Å². The van der Waals surface area contributed by atoms with Gasteiger partial charge in [0.2, 0.25) is 11.8 Å². The molecule has 5 N–H and O–H groups in total. The SMILES string of the molecule is Nc1ccccc1NC(=O)c1ccc(NC(=O)CC(=O)Nc2cccnc2)cc1. The summed E-state index contributed by atoms with van der Waals surface area (Å²) in [6.45, 7) is 0. The van der Waals surface area contributed by atoms with Crippen LogP contribution in [0.25, 0.3) is 0 Å². The first kappa shape index (κ1) is 19.6. The van der Waals surface area contributed by atoms with Crippen LogP contribution in [0.15, 0.2) is 73.1 Å². The fourth-order valence-electron chi connectivity index (χ4n) is 2.50. The fourth-order valence-corrected chi connectivity index (χ4v) is 2.50. The number of carbonyl (C=O) groups excluding carboxylic acids is 3. The number of anilines is 4. The Kier molecular flexibility index (Phi) is 6.16. The van der Waals surface area contributed by atoms with Crippen molar-refractivity contribution in [2.24, 2.45) is 0 Å². The van der Waals surface area contributed by atoms with Crippen LogP contribution in [-0.4, -0.2) is 22.7 Å². The molecule has 8 nitrogen and oxygen atoms in total. The molecule has 0 unspecified atom stereocenters. The minimum atomic E-state index is -0.472. The van der Waals surface area contributed by atoms with Crippen LogP contribution < -0.4 is 21.7 Å². The Balaban J connectivity index is 1.53. The van der Waals surface area contributed by atoms with Gasteiger partial charge in [0.1, 0.15) is 6.42 Å². The second-order valence-corrected chi connectivity index (χ2v) is 6.13. The Morgan fingerprint density at radius 1 is 0.793 bits per heavy atom. The number of nitrogens with one attached hydrogen (secondary N) is 3. The van der Waals surface area contributed by atoms with Crippen LogP contribution >= 0.6 is 0 Å². The van der Waals surface area contributed by atoms with Crippen molar-refractivity contribution < 1.29 is 14.4 Å². The molecule has 1 aromatic heterocycles. The van der Waals surface area contributed by atoms with Gasteiger partial charge < -0.3 is 21.7 Å². The number of hydrogen-bond acceptors (Lipinski definition) is 5. The standard InChI is InChI=1S/C21H19N5O3/c22-17-5-1-2-6-18(17)26-21(29)14-7-9-15(10-8-14)24-19(27)12-20(28)25-16-4-3-11-23-13-16/h1-11,13H,12,22H2,(H,24,27)(H,25,28)(H,26,29). The quantitative estimate of drug-likeness (QED) is 0.381. The van der Waals surface area contributed by atoms with Gasteiger partial charge in [-0.05, 0) is 48.5 Å². The zero-order chi connectivity index (χ0) is 20.6. The van der Waals surface area contributed by atoms with Gasteiger partial charge >= 0.3 is 0 Å². The molecule has 0 atom stereocenters. The maximum atomic E-state index is 12.3. The van der Waals surface area contributed by atoms with Crippen molar-refractivity contribution in [1.29, 1.82) is 0 Å². The number of rotatable bonds is 6. The number of carbonyl (C=O) groups is 3. The summed E-state index contributed by atoms with van der Waals surface area (Å²) in [4.78, 5) is 40.1. The normalized spacial score (nSPS) is 10.1. The van der Waals surface area contributed by atoms with Crippen LogP contribution in [0.3, 0.4) is 0 Å². The highest BCUT2D eigenvalue weighted by atomic mass is 16.2. The monoisotopic (exact) mass is 389 g/mol. The summed E-state index contributed by atoms with van der Waals surface area (Å²) in [5.74, 6) is -1.25. The minimum absolute atomic E-state index is 0.323. The summed E-state index contributed by atoms with van der Waals surface area (Å²) in [6.07, 6.45) is 2.73. The predicted octanol–water partition coefficient (Wildman–Crippen LogP) is 2.88. The maximum absolute atomic E-state index is 12.3. The van der Waals surface area contributed by atoms with Gasteiger partial charge in [0.05, 0.1) is 23.3 Å². The molecular weight excluding hydrogens is 370 g/mol. The second kappa shape index (κ2) is 9.14. The number of nitrogens with two attached hydrogens (primary N) is 1. The molecule has 0 fully saturated rings.